The lowest BCUT2D eigenvalue weighted by molar-refractivity contribution is 0.718. The van der Waals surface area contributed by atoms with Crippen molar-refractivity contribution in [1.29, 1.82) is 0 Å². The van der Waals surface area contributed by atoms with Crippen LogP contribution in [0.4, 0.5) is 0 Å². The van der Waals surface area contributed by atoms with Gasteiger partial charge in [-0.1, -0.05) is 31.4 Å². The van der Waals surface area contributed by atoms with Gasteiger partial charge >= 0.3 is 0 Å². The van der Waals surface area contributed by atoms with Gasteiger partial charge in [0.25, 0.3) is 0 Å². The maximum absolute atomic E-state index is 5.79. The number of aryl methyl sites for hydroxylation is 1. The first-order valence-corrected chi connectivity index (χ1v) is 5.31. The lowest BCUT2D eigenvalue weighted by atomic mass is 10.1. The fraction of sp³-hybridized carbons (Fsp3) is 0.556. The van der Waals surface area contributed by atoms with E-state index in [-0.39, 0.29) is 0 Å². The van der Waals surface area contributed by atoms with Gasteiger partial charge in [-0.05, 0) is 29.9 Å². The van der Waals surface area contributed by atoms with Crippen LogP contribution in [0, 0.1) is 0 Å². The van der Waals surface area contributed by atoms with Crippen molar-refractivity contribution in [1.82, 2.24) is 0 Å². The highest BCUT2D eigenvalue weighted by molar-refractivity contribution is 7.14. The highest BCUT2D eigenvalue weighted by Crippen LogP contribution is 2.21. The molecule has 0 amide bonds. The molecule has 0 N–H and O–H groups in total. The van der Waals surface area contributed by atoms with Gasteiger partial charge in [0.15, 0.2) is 0 Å². The van der Waals surface area contributed by atoms with Crippen molar-refractivity contribution in [3.8, 4) is 0 Å². The minimum absolute atomic E-state index is 0.913. The first-order chi connectivity index (χ1) is 5.33. The van der Waals surface area contributed by atoms with Gasteiger partial charge in [0.05, 0.1) is 4.34 Å². The Morgan fingerprint density at radius 3 is 2.82 bits per heavy atom. The second-order valence-electron chi connectivity index (χ2n) is 2.72. The summed E-state index contributed by atoms with van der Waals surface area (Å²) >= 11 is 7.42. The summed E-state index contributed by atoms with van der Waals surface area (Å²) in [4.78, 5) is 0. The molecule has 0 atom stereocenters. The second-order valence-corrected chi connectivity index (χ2v) is 4.26. The van der Waals surface area contributed by atoms with Crippen LogP contribution >= 0.6 is 22.9 Å². The van der Waals surface area contributed by atoms with E-state index in [0.717, 1.165) is 4.34 Å². The average Bonchev–Trinajstić information content (AvgIpc) is 2.37. The third-order valence-electron chi connectivity index (χ3n) is 1.69. The number of thiophene rings is 1. The van der Waals surface area contributed by atoms with Crippen LogP contribution in [0.15, 0.2) is 11.4 Å². The zero-order valence-electron chi connectivity index (χ0n) is 6.77. The molecule has 0 saturated carbocycles. The molecule has 2 heteroatoms. The summed E-state index contributed by atoms with van der Waals surface area (Å²) in [6, 6.07) is 2.07. The number of halogens is 1. The van der Waals surface area contributed by atoms with E-state index < -0.39 is 0 Å². The maximum atomic E-state index is 5.79. The molecule has 0 aromatic carbocycles. The minimum atomic E-state index is 0.913. The highest BCUT2D eigenvalue weighted by Gasteiger charge is 1.95. The molecule has 1 aromatic heterocycles. The molecule has 1 aromatic rings. The zero-order valence-corrected chi connectivity index (χ0v) is 8.34. The van der Waals surface area contributed by atoms with Crippen LogP contribution in [0.3, 0.4) is 0 Å². The fourth-order valence-corrected chi connectivity index (χ4v) is 2.00. The van der Waals surface area contributed by atoms with Crippen molar-refractivity contribution in [2.45, 2.75) is 32.6 Å². The molecule has 0 aliphatic rings. The smallest absolute Gasteiger partial charge is 0.0931 e. The molecule has 0 bridgehead atoms. The Morgan fingerprint density at radius 1 is 1.45 bits per heavy atom. The standard InChI is InChI=1S/C9H13ClS/c1-2-3-4-5-8-6-9(10)11-7-8/h6-7H,2-5H2,1H3. The first kappa shape index (κ1) is 9.08. The van der Waals surface area contributed by atoms with E-state index in [4.69, 9.17) is 11.6 Å². The highest BCUT2D eigenvalue weighted by atomic mass is 35.5. The molecule has 0 nitrogen and oxygen atoms in total. The van der Waals surface area contributed by atoms with Crippen LogP contribution in [-0.2, 0) is 6.42 Å². The van der Waals surface area contributed by atoms with Crippen LogP contribution in [0.2, 0.25) is 4.34 Å². The summed E-state index contributed by atoms with van der Waals surface area (Å²) < 4.78 is 0.913. The zero-order chi connectivity index (χ0) is 8.10. The van der Waals surface area contributed by atoms with E-state index in [1.165, 1.54) is 31.2 Å². The SMILES string of the molecule is CCCCCc1csc(Cl)c1. The Bertz CT molecular complexity index is 205. The lowest BCUT2D eigenvalue weighted by Gasteiger charge is -1.94. The van der Waals surface area contributed by atoms with E-state index in [0.29, 0.717) is 0 Å². The second kappa shape index (κ2) is 4.78. The van der Waals surface area contributed by atoms with Gasteiger partial charge in [0.2, 0.25) is 0 Å². The third-order valence-corrected chi connectivity index (χ3v) is 2.83. The minimum Gasteiger partial charge on any atom is -0.132 e. The summed E-state index contributed by atoms with van der Waals surface area (Å²) in [6.45, 7) is 2.22. The van der Waals surface area contributed by atoms with Crippen molar-refractivity contribution in [2.24, 2.45) is 0 Å². The molecule has 1 heterocycles. The Hall–Kier alpha value is -0.0100. The Balaban J connectivity index is 2.27. The monoisotopic (exact) mass is 188 g/mol. The predicted octanol–water partition coefficient (Wildman–Crippen LogP) is 4.13. The van der Waals surface area contributed by atoms with E-state index in [2.05, 4.69) is 18.4 Å². The molecular formula is C9H13ClS. The number of unbranched alkanes of at least 4 members (excludes halogenated alkanes) is 2. The topological polar surface area (TPSA) is 0 Å². The Kier molecular flexibility index (Phi) is 3.95. The molecule has 62 valence electrons. The average molecular weight is 189 g/mol. The van der Waals surface area contributed by atoms with Crippen LogP contribution in [0.5, 0.6) is 0 Å². The molecule has 0 spiro atoms. The van der Waals surface area contributed by atoms with Crippen molar-refractivity contribution < 1.29 is 0 Å². The van der Waals surface area contributed by atoms with Crippen molar-refractivity contribution in [3.05, 3.63) is 21.3 Å². The van der Waals surface area contributed by atoms with Gasteiger partial charge in [-0.15, -0.1) is 11.3 Å². The Labute approximate surface area is 77.2 Å². The van der Waals surface area contributed by atoms with Crippen LogP contribution in [0.1, 0.15) is 31.7 Å². The molecule has 0 radical (unpaired) electrons. The molecule has 11 heavy (non-hydrogen) atoms. The third kappa shape index (κ3) is 3.26. The summed E-state index contributed by atoms with van der Waals surface area (Å²) in [7, 11) is 0. The number of hydrogen-bond acceptors (Lipinski definition) is 1. The van der Waals surface area contributed by atoms with Crippen LogP contribution in [0.25, 0.3) is 0 Å². The van der Waals surface area contributed by atoms with E-state index in [1.54, 1.807) is 11.3 Å². The van der Waals surface area contributed by atoms with Crippen LogP contribution < -0.4 is 0 Å². The van der Waals surface area contributed by atoms with Gasteiger partial charge in [-0.2, -0.15) is 0 Å². The first-order valence-electron chi connectivity index (χ1n) is 4.06. The quantitative estimate of drug-likeness (QED) is 0.624. The van der Waals surface area contributed by atoms with Gasteiger partial charge < -0.3 is 0 Å². The largest absolute Gasteiger partial charge is 0.132 e. The molecular weight excluding hydrogens is 176 g/mol. The number of rotatable bonds is 4. The van der Waals surface area contributed by atoms with Gasteiger partial charge in [0.1, 0.15) is 0 Å². The maximum Gasteiger partial charge on any atom is 0.0931 e. The number of hydrogen-bond donors (Lipinski definition) is 0. The Morgan fingerprint density at radius 2 is 2.27 bits per heavy atom. The summed E-state index contributed by atoms with van der Waals surface area (Å²) in [5, 5.41) is 2.15. The summed E-state index contributed by atoms with van der Waals surface area (Å²) in [5.41, 5.74) is 1.40. The molecule has 1 rings (SSSR count). The van der Waals surface area contributed by atoms with E-state index in [9.17, 15) is 0 Å². The lowest BCUT2D eigenvalue weighted by Crippen LogP contribution is -1.80. The van der Waals surface area contributed by atoms with Gasteiger partial charge in [-0.25, -0.2) is 0 Å². The van der Waals surface area contributed by atoms with E-state index >= 15 is 0 Å². The molecule has 0 unspecified atom stereocenters. The van der Waals surface area contributed by atoms with Crippen LogP contribution in [-0.4, -0.2) is 0 Å². The van der Waals surface area contributed by atoms with Crippen molar-refractivity contribution >= 4 is 22.9 Å². The van der Waals surface area contributed by atoms with Gasteiger partial charge in [0, 0.05) is 0 Å². The van der Waals surface area contributed by atoms with Crippen molar-refractivity contribution in [2.75, 3.05) is 0 Å². The predicted molar refractivity (Wildman–Crippen MR) is 52.6 cm³/mol. The molecule has 0 aliphatic heterocycles. The molecule has 0 fully saturated rings. The van der Waals surface area contributed by atoms with Crippen molar-refractivity contribution in [3.63, 3.8) is 0 Å². The summed E-state index contributed by atoms with van der Waals surface area (Å²) in [5.74, 6) is 0. The fourth-order valence-electron chi connectivity index (χ4n) is 1.06. The normalized spacial score (nSPS) is 10.4. The van der Waals surface area contributed by atoms with Gasteiger partial charge in [-0.3, -0.25) is 0 Å². The van der Waals surface area contributed by atoms with E-state index in [1.807, 2.05) is 0 Å². The summed E-state index contributed by atoms with van der Waals surface area (Å²) in [6.07, 6.45) is 5.10. The molecule has 0 aliphatic carbocycles. The molecule has 0 saturated heterocycles.